The van der Waals surface area contributed by atoms with Gasteiger partial charge in [-0.3, -0.25) is 4.79 Å². The molecule has 1 heterocycles. The smallest absolute Gasteiger partial charge is 0.258 e. The summed E-state index contributed by atoms with van der Waals surface area (Å²) in [6, 6.07) is 15.8. The summed E-state index contributed by atoms with van der Waals surface area (Å²) in [5, 5.41) is 0. The van der Waals surface area contributed by atoms with Crippen molar-refractivity contribution in [3.63, 3.8) is 0 Å². The van der Waals surface area contributed by atoms with E-state index in [1.165, 1.54) is 5.56 Å². The molecule has 0 saturated heterocycles. The zero-order valence-corrected chi connectivity index (χ0v) is 12.9. The topological polar surface area (TPSA) is 20.3 Å². The average Bonchev–Trinajstić information content (AvgIpc) is 2.46. The number of para-hydroxylation sites is 1. The van der Waals surface area contributed by atoms with E-state index in [1.54, 1.807) is 0 Å². The van der Waals surface area contributed by atoms with E-state index < -0.39 is 0 Å². The van der Waals surface area contributed by atoms with Crippen LogP contribution in [-0.2, 0) is 6.42 Å². The first kappa shape index (κ1) is 13.4. The first-order valence-corrected chi connectivity index (χ1v) is 7.60. The highest BCUT2D eigenvalue weighted by atomic mass is 79.9. The van der Waals surface area contributed by atoms with E-state index in [4.69, 9.17) is 0 Å². The largest absolute Gasteiger partial charge is 0.308 e. The standard InChI is InChI=1S/C17H16BrNO/c1-12-10-14-4-2-3-5-16(14)19(11-12)17(20)13-6-8-15(18)9-7-13/h2-9,12H,10-11H2,1H3. The molecular weight excluding hydrogens is 314 g/mol. The molecule has 0 bridgehead atoms. The van der Waals surface area contributed by atoms with Crippen LogP contribution in [0.1, 0.15) is 22.8 Å². The van der Waals surface area contributed by atoms with Gasteiger partial charge in [0.1, 0.15) is 0 Å². The Morgan fingerprint density at radius 2 is 1.85 bits per heavy atom. The van der Waals surface area contributed by atoms with Gasteiger partial charge in [-0.25, -0.2) is 0 Å². The minimum absolute atomic E-state index is 0.0801. The lowest BCUT2D eigenvalue weighted by molar-refractivity contribution is 0.0981. The van der Waals surface area contributed by atoms with Crippen molar-refractivity contribution in [2.45, 2.75) is 13.3 Å². The van der Waals surface area contributed by atoms with Crippen LogP contribution in [0.4, 0.5) is 5.69 Å². The number of hydrogen-bond donors (Lipinski definition) is 0. The third kappa shape index (κ3) is 2.50. The van der Waals surface area contributed by atoms with E-state index in [1.807, 2.05) is 47.4 Å². The van der Waals surface area contributed by atoms with E-state index in [0.717, 1.165) is 28.7 Å². The van der Waals surface area contributed by atoms with Crippen LogP contribution in [0.15, 0.2) is 53.0 Å². The monoisotopic (exact) mass is 329 g/mol. The first-order valence-electron chi connectivity index (χ1n) is 6.80. The summed E-state index contributed by atoms with van der Waals surface area (Å²) < 4.78 is 0.987. The van der Waals surface area contributed by atoms with E-state index in [0.29, 0.717) is 5.92 Å². The molecule has 102 valence electrons. The zero-order chi connectivity index (χ0) is 14.1. The maximum absolute atomic E-state index is 12.7. The second-order valence-electron chi connectivity index (χ2n) is 5.36. The van der Waals surface area contributed by atoms with E-state index in [-0.39, 0.29) is 5.91 Å². The zero-order valence-electron chi connectivity index (χ0n) is 11.3. The van der Waals surface area contributed by atoms with Gasteiger partial charge < -0.3 is 4.90 Å². The molecule has 2 aromatic carbocycles. The van der Waals surface area contributed by atoms with Gasteiger partial charge >= 0.3 is 0 Å². The number of fused-ring (bicyclic) bond motifs is 1. The molecule has 1 atom stereocenters. The molecule has 1 amide bonds. The molecule has 0 aromatic heterocycles. The van der Waals surface area contributed by atoms with Crippen LogP contribution in [0, 0.1) is 5.92 Å². The molecule has 0 aliphatic carbocycles. The summed E-state index contributed by atoms with van der Waals surface area (Å²) in [5.74, 6) is 0.570. The fourth-order valence-corrected chi connectivity index (χ4v) is 3.00. The Morgan fingerprint density at radius 3 is 2.60 bits per heavy atom. The molecule has 1 aliphatic heterocycles. The molecule has 0 fully saturated rings. The number of hydrogen-bond acceptors (Lipinski definition) is 1. The normalized spacial score (nSPS) is 17.7. The molecule has 0 N–H and O–H groups in total. The Bertz CT molecular complexity index is 636. The van der Waals surface area contributed by atoms with Gasteiger partial charge in [0.15, 0.2) is 0 Å². The molecule has 1 unspecified atom stereocenters. The molecule has 3 heteroatoms. The second kappa shape index (κ2) is 5.41. The maximum Gasteiger partial charge on any atom is 0.258 e. The molecule has 3 rings (SSSR count). The van der Waals surface area contributed by atoms with E-state index >= 15 is 0 Å². The van der Waals surface area contributed by atoms with Crippen molar-refractivity contribution in [1.82, 2.24) is 0 Å². The summed E-state index contributed by atoms with van der Waals surface area (Å²) >= 11 is 3.40. The quantitative estimate of drug-likeness (QED) is 0.764. The fourth-order valence-electron chi connectivity index (χ4n) is 2.74. The molecule has 0 saturated carbocycles. The number of benzene rings is 2. The number of amides is 1. The van der Waals surface area contributed by atoms with Crippen LogP contribution in [0.5, 0.6) is 0 Å². The number of anilines is 1. The van der Waals surface area contributed by atoms with Gasteiger partial charge in [-0.15, -0.1) is 0 Å². The third-order valence-electron chi connectivity index (χ3n) is 3.68. The Morgan fingerprint density at radius 1 is 1.15 bits per heavy atom. The van der Waals surface area contributed by atoms with Crippen molar-refractivity contribution in [2.75, 3.05) is 11.4 Å². The predicted octanol–water partition coefficient (Wildman–Crippen LogP) is 4.29. The van der Waals surface area contributed by atoms with Crippen LogP contribution in [0.25, 0.3) is 0 Å². The number of nitrogens with zero attached hydrogens (tertiary/aromatic N) is 1. The minimum atomic E-state index is 0.0801. The lowest BCUT2D eigenvalue weighted by Crippen LogP contribution is -2.39. The van der Waals surface area contributed by atoms with E-state index in [2.05, 4.69) is 28.9 Å². The van der Waals surface area contributed by atoms with Crippen molar-refractivity contribution >= 4 is 27.5 Å². The summed E-state index contributed by atoms with van der Waals surface area (Å²) in [6.07, 6.45) is 1.04. The molecule has 20 heavy (non-hydrogen) atoms. The number of carbonyl (C=O) groups excluding carboxylic acids is 1. The Kier molecular flexibility index (Phi) is 3.62. The van der Waals surface area contributed by atoms with Crippen molar-refractivity contribution in [3.8, 4) is 0 Å². The Balaban J connectivity index is 1.97. The molecular formula is C17H16BrNO. The van der Waals surface area contributed by atoms with Crippen molar-refractivity contribution < 1.29 is 4.79 Å². The Hall–Kier alpha value is -1.61. The minimum Gasteiger partial charge on any atom is -0.308 e. The van der Waals surface area contributed by atoms with Gasteiger partial charge in [0.25, 0.3) is 5.91 Å². The van der Waals surface area contributed by atoms with Gasteiger partial charge in [-0.2, -0.15) is 0 Å². The third-order valence-corrected chi connectivity index (χ3v) is 4.21. The maximum atomic E-state index is 12.7. The highest BCUT2D eigenvalue weighted by Gasteiger charge is 2.26. The SMILES string of the molecule is CC1Cc2ccccc2N(C(=O)c2ccc(Br)cc2)C1. The molecule has 2 nitrogen and oxygen atoms in total. The van der Waals surface area contributed by atoms with Crippen LogP contribution in [-0.4, -0.2) is 12.5 Å². The Labute approximate surface area is 127 Å². The van der Waals surface area contributed by atoms with Gasteiger partial charge in [0.2, 0.25) is 0 Å². The van der Waals surface area contributed by atoms with Gasteiger partial charge in [0, 0.05) is 22.3 Å². The molecule has 2 aromatic rings. The van der Waals surface area contributed by atoms with Crippen LogP contribution >= 0.6 is 15.9 Å². The van der Waals surface area contributed by atoms with Gasteiger partial charge in [0.05, 0.1) is 0 Å². The summed E-state index contributed by atoms with van der Waals surface area (Å²) in [7, 11) is 0. The second-order valence-corrected chi connectivity index (χ2v) is 6.28. The highest BCUT2D eigenvalue weighted by Crippen LogP contribution is 2.30. The summed E-state index contributed by atoms with van der Waals surface area (Å²) in [6.45, 7) is 2.98. The first-order chi connectivity index (χ1) is 9.65. The van der Waals surface area contributed by atoms with E-state index in [9.17, 15) is 4.79 Å². The number of halogens is 1. The lowest BCUT2D eigenvalue weighted by Gasteiger charge is -2.33. The molecule has 1 aliphatic rings. The fraction of sp³-hybridized carbons (Fsp3) is 0.235. The number of rotatable bonds is 1. The van der Waals surface area contributed by atoms with Crippen molar-refractivity contribution in [3.05, 3.63) is 64.1 Å². The molecule has 0 spiro atoms. The average molecular weight is 330 g/mol. The molecule has 0 radical (unpaired) electrons. The summed E-state index contributed by atoms with van der Waals surface area (Å²) in [5.41, 5.74) is 3.05. The lowest BCUT2D eigenvalue weighted by atomic mass is 9.93. The van der Waals surface area contributed by atoms with Crippen LogP contribution in [0.2, 0.25) is 0 Å². The van der Waals surface area contributed by atoms with Gasteiger partial charge in [-0.1, -0.05) is 41.1 Å². The van der Waals surface area contributed by atoms with Gasteiger partial charge in [-0.05, 0) is 48.2 Å². The highest BCUT2D eigenvalue weighted by molar-refractivity contribution is 9.10. The van der Waals surface area contributed by atoms with Crippen LogP contribution in [0.3, 0.4) is 0 Å². The number of carbonyl (C=O) groups is 1. The van der Waals surface area contributed by atoms with Crippen LogP contribution < -0.4 is 4.90 Å². The predicted molar refractivity (Wildman–Crippen MR) is 85.1 cm³/mol. The van der Waals surface area contributed by atoms with Crippen molar-refractivity contribution in [2.24, 2.45) is 5.92 Å². The van der Waals surface area contributed by atoms with Crippen molar-refractivity contribution in [1.29, 1.82) is 0 Å². The summed E-state index contributed by atoms with van der Waals surface area (Å²) in [4.78, 5) is 14.6.